The zero-order valence-corrected chi connectivity index (χ0v) is 16.0. The van der Waals surface area contributed by atoms with E-state index in [4.69, 9.17) is 4.74 Å². The summed E-state index contributed by atoms with van der Waals surface area (Å²) in [4.78, 5) is 24.7. The van der Waals surface area contributed by atoms with Gasteiger partial charge in [-0.2, -0.15) is 0 Å². The Hall–Kier alpha value is -2.67. The Balaban J connectivity index is 1.67. The van der Waals surface area contributed by atoms with Crippen molar-refractivity contribution in [3.05, 3.63) is 65.2 Å². The Morgan fingerprint density at radius 3 is 2.15 bits per heavy atom. The van der Waals surface area contributed by atoms with Crippen LogP contribution in [0.25, 0.3) is 0 Å². The first-order chi connectivity index (χ1) is 12.8. The summed E-state index contributed by atoms with van der Waals surface area (Å²) in [5.74, 6) is -0.767. The highest BCUT2D eigenvalue weighted by atomic mass is 32.2. The average molecular weight is 387 g/mol. The number of ketones is 1. The number of anilines is 1. The molecule has 0 amide bonds. The topological polar surface area (TPSA) is 80.8 Å². The molecular formula is C20H21NO5S. The van der Waals surface area contributed by atoms with E-state index in [-0.39, 0.29) is 17.1 Å². The summed E-state index contributed by atoms with van der Waals surface area (Å²) in [5.41, 5.74) is 2.30. The van der Waals surface area contributed by atoms with Crippen LogP contribution in [0, 0.1) is 6.92 Å². The lowest BCUT2D eigenvalue weighted by atomic mass is 10.1. The van der Waals surface area contributed by atoms with Crippen molar-refractivity contribution in [1.82, 2.24) is 0 Å². The highest BCUT2D eigenvalue weighted by Crippen LogP contribution is 2.24. The Morgan fingerprint density at radius 1 is 1.00 bits per heavy atom. The van der Waals surface area contributed by atoms with Gasteiger partial charge in [-0.15, -0.1) is 0 Å². The Bertz CT molecular complexity index is 949. The predicted octanol–water partition coefficient (Wildman–Crippen LogP) is 2.96. The van der Waals surface area contributed by atoms with Crippen molar-refractivity contribution in [3.8, 4) is 0 Å². The van der Waals surface area contributed by atoms with Gasteiger partial charge in [-0.05, 0) is 44.5 Å². The molecule has 1 heterocycles. The summed E-state index contributed by atoms with van der Waals surface area (Å²) >= 11 is 0. The number of Topliss-reactive ketones (excluding diaryl/α,β-unsaturated/α-hetero) is 1. The lowest BCUT2D eigenvalue weighted by molar-refractivity contribution is 0.0319. The average Bonchev–Trinajstić information content (AvgIpc) is 3.01. The molecular weight excluding hydrogens is 366 g/mol. The van der Waals surface area contributed by atoms with E-state index in [1.807, 2.05) is 19.1 Å². The first kappa shape index (κ1) is 19.1. The van der Waals surface area contributed by atoms with Gasteiger partial charge in [0.25, 0.3) is 0 Å². The van der Waals surface area contributed by atoms with E-state index >= 15 is 0 Å². The number of sulfonamides is 1. The summed E-state index contributed by atoms with van der Waals surface area (Å²) in [6.45, 7) is 3.90. The molecule has 0 saturated carbocycles. The molecule has 1 unspecified atom stereocenters. The van der Waals surface area contributed by atoms with Crippen LogP contribution in [0.1, 0.15) is 39.6 Å². The van der Waals surface area contributed by atoms with Crippen LogP contribution >= 0.6 is 0 Å². The lowest BCUT2D eigenvalue weighted by Gasteiger charge is -2.17. The van der Waals surface area contributed by atoms with Gasteiger partial charge in [0.1, 0.15) is 0 Å². The largest absolute Gasteiger partial charge is 0.451 e. The fourth-order valence-electron chi connectivity index (χ4n) is 2.93. The van der Waals surface area contributed by atoms with Crippen LogP contribution in [0.3, 0.4) is 0 Å². The zero-order chi connectivity index (χ0) is 19.6. The molecule has 0 aromatic heterocycles. The summed E-state index contributed by atoms with van der Waals surface area (Å²) < 4.78 is 30.5. The van der Waals surface area contributed by atoms with Crippen molar-refractivity contribution in [2.45, 2.75) is 26.4 Å². The number of esters is 1. The van der Waals surface area contributed by atoms with Gasteiger partial charge in [0, 0.05) is 12.1 Å². The maximum Gasteiger partial charge on any atom is 0.338 e. The number of benzene rings is 2. The smallest absolute Gasteiger partial charge is 0.338 e. The van der Waals surface area contributed by atoms with Gasteiger partial charge < -0.3 is 4.74 Å². The van der Waals surface area contributed by atoms with E-state index in [2.05, 4.69) is 0 Å². The summed E-state index contributed by atoms with van der Waals surface area (Å²) in [7, 11) is -3.26. The van der Waals surface area contributed by atoms with Crippen molar-refractivity contribution >= 4 is 27.5 Å². The van der Waals surface area contributed by atoms with Crippen LogP contribution < -0.4 is 4.31 Å². The molecule has 0 radical (unpaired) electrons. The second-order valence-electron chi connectivity index (χ2n) is 6.57. The molecule has 1 saturated heterocycles. The monoisotopic (exact) mass is 387 g/mol. The SMILES string of the molecule is Cc1ccc(C(=O)C(C)OC(=O)c2ccc(N3CCCS3(=O)=O)cc2)cc1. The quantitative estimate of drug-likeness (QED) is 0.582. The minimum absolute atomic E-state index is 0.134. The van der Waals surface area contributed by atoms with E-state index in [1.54, 1.807) is 24.3 Å². The summed E-state index contributed by atoms with van der Waals surface area (Å²) in [6.07, 6.45) is -0.330. The third-order valence-corrected chi connectivity index (χ3v) is 6.35. The van der Waals surface area contributed by atoms with Gasteiger partial charge in [0.15, 0.2) is 6.10 Å². The zero-order valence-electron chi connectivity index (χ0n) is 15.2. The van der Waals surface area contributed by atoms with Gasteiger partial charge >= 0.3 is 5.97 Å². The normalized spacial score (nSPS) is 16.7. The molecule has 27 heavy (non-hydrogen) atoms. The Morgan fingerprint density at radius 2 is 1.59 bits per heavy atom. The fraction of sp³-hybridized carbons (Fsp3) is 0.300. The lowest BCUT2D eigenvalue weighted by Crippen LogP contribution is -2.25. The van der Waals surface area contributed by atoms with E-state index in [0.29, 0.717) is 24.2 Å². The van der Waals surface area contributed by atoms with Gasteiger partial charge in [-0.25, -0.2) is 13.2 Å². The summed E-state index contributed by atoms with van der Waals surface area (Å²) in [6, 6.07) is 13.2. The minimum Gasteiger partial charge on any atom is -0.451 e. The highest BCUT2D eigenvalue weighted by molar-refractivity contribution is 7.93. The van der Waals surface area contributed by atoms with Gasteiger partial charge in [0.05, 0.1) is 17.0 Å². The van der Waals surface area contributed by atoms with Crippen LogP contribution in [0.5, 0.6) is 0 Å². The minimum atomic E-state index is -3.26. The van der Waals surface area contributed by atoms with Crippen molar-refractivity contribution in [2.24, 2.45) is 0 Å². The molecule has 142 valence electrons. The van der Waals surface area contributed by atoms with Crippen LogP contribution in [0.4, 0.5) is 5.69 Å². The maximum absolute atomic E-state index is 12.4. The molecule has 1 aliphatic rings. The molecule has 0 N–H and O–H groups in total. The molecule has 2 aromatic carbocycles. The third kappa shape index (κ3) is 4.19. The van der Waals surface area contributed by atoms with Crippen molar-refractivity contribution in [2.75, 3.05) is 16.6 Å². The van der Waals surface area contributed by atoms with E-state index < -0.39 is 22.1 Å². The van der Waals surface area contributed by atoms with E-state index in [1.165, 1.54) is 23.4 Å². The molecule has 2 aromatic rings. The number of rotatable bonds is 5. The first-order valence-electron chi connectivity index (χ1n) is 8.70. The van der Waals surface area contributed by atoms with Crippen molar-refractivity contribution in [3.63, 3.8) is 0 Å². The number of ether oxygens (including phenoxy) is 1. The molecule has 0 spiro atoms. The van der Waals surface area contributed by atoms with E-state index in [9.17, 15) is 18.0 Å². The fourth-order valence-corrected chi connectivity index (χ4v) is 4.49. The van der Waals surface area contributed by atoms with Gasteiger partial charge in [-0.3, -0.25) is 9.10 Å². The number of hydrogen-bond donors (Lipinski definition) is 0. The number of carbonyl (C=O) groups excluding carboxylic acids is 2. The van der Waals surface area contributed by atoms with Crippen LogP contribution in [0.15, 0.2) is 48.5 Å². The molecule has 1 aliphatic heterocycles. The second kappa shape index (κ2) is 7.52. The molecule has 3 rings (SSSR count). The third-order valence-electron chi connectivity index (χ3n) is 4.48. The Labute approximate surface area is 158 Å². The van der Waals surface area contributed by atoms with Gasteiger partial charge in [0.2, 0.25) is 15.8 Å². The van der Waals surface area contributed by atoms with Crippen molar-refractivity contribution in [1.29, 1.82) is 0 Å². The van der Waals surface area contributed by atoms with Crippen LogP contribution in [-0.4, -0.2) is 38.6 Å². The van der Waals surface area contributed by atoms with Gasteiger partial charge in [-0.1, -0.05) is 29.8 Å². The molecule has 0 bridgehead atoms. The highest BCUT2D eigenvalue weighted by Gasteiger charge is 2.28. The van der Waals surface area contributed by atoms with E-state index in [0.717, 1.165) is 5.56 Å². The summed E-state index contributed by atoms with van der Waals surface area (Å²) in [5, 5.41) is 0. The number of hydrogen-bond acceptors (Lipinski definition) is 5. The second-order valence-corrected chi connectivity index (χ2v) is 8.58. The standard InChI is InChI=1S/C20H21NO5S/c1-14-4-6-16(7-5-14)19(22)15(2)26-20(23)17-8-10-18(11-9-17)21-12-3-13-27(21,24)25/h4-11,15H,3,12-13H2,1-2H3. The number of carbonyl (C=O) groups is 2. The molecule has 0 aliphatic carbocycles. The van der Waals surface area contributed by atoms with Crippen LogP contribution in [0.2, 0.25) is 0 Å². The molecule has 7 heteroatoms. The molecule has 6 nitrogen and oxygen atoms in total. The molecule has 1 atom stereocenters. The number of nitrogens with zero attached hydrogens (tertiary/aromatic N) is 1. The molecule has 1 fully saturated rings. The van der Waals surface area contributed by atoms with Crippen LogP contribution in [-0.2, 0) is 14.8 Å². The Kier molecular flexibility index (Phi) is 5.32. The van der Waals surface area contributed by atoms with Crippen molar-refractivity contribution < 1.29 is 22.7 Å². The maximum atomic E-state index is 12.4. The first-order valence-corrected chi connectivity index (χ1v) is 10.3. The number of aryl methyl sites for hydroxylation is 1. The predicted molar refractivity (Wildman–Crippen MR) is 103 cm³/mol.